The number of nitrogens with one attached hydrogen (secondary N) is 1. The van der Waals surface area contributed by atoms with E-state index >= 15 is 0 Å². The Labute approximate surface area is 124 Å². The fourth-order valence-corrected chi connectivity index (χ4v) is 2.99. The third-order valence-electron chi connectivity index (χ3n) is 2.29. The van der Waals surface area contributed by atoms with Gasteiger partial charge in [0, 0.05) is 26.7 Å². The molecule has 18 heavy (non-hydrogen) atoms. The number of hydrogen-bond donors (Lipinski definition) is 1. The van der Waals surface area contributed by atoms with E-state index < -0.39 is 0 Å². The van der Waals surface area contributed by atoms with Crippen LogP contribution >= 0.6 is 38.9 Å². The lowest BCUT2D eigenvalue weighted by Gasteiger charge is -2.08. The van der Waals surface area contributed by atoms with Crippen molar-refractivity contribution in [3.63, 3.8) is 0 Å². The molecule has 2 aromatic rings. The van der Waals surface area contributed by atoms with Crippen molar-refractivity contribution < 1.29 is 0 Å². The average Bonchev–Trinajstić information content (AvgIpc) is 2.72. The van der Waals surface area contributed by atoms with Gasteiger partial charge < -0.3 is 5.32 Å². The van der Waals surface area contributed by atoms with Crippen LogP contribution in [0.4, 0.5) is 5.82 Å². The van der Waals surface area contributed by atoms with Gasteiger partial charge in [-0.15, -0.1) is 11.3 Å². The predicted molar refractivity (Wildman–Crippen MR) is 80.5 cm³/mol. The van der Waals surface area contributed by atoms with Crippen molar-refractivity contribution in [3.8, 4) is 0 Å². The second-order valence-electron chi connectivity index (χ2n) is 4.17. The summed E-state index contributed by atoms with van der Waals surface area (Å²) in [5, 5.41) is 5.80. The first-order valence-electron chi connectivity index (χ1n) is 5.56. The molecule has 96 valence electrons. The minimum absolute atomic E-state index is 0.264. The molecule has 0 atom stereocenters. The number of aromatic nitrogens is 2. The van der Waals surface area contributed by atoms with Crippen molar-refractivity contribution in [2.24, 2.45) is 0 Å². The zero-order valence-corrected chi connectivity index (χ0v) is 13.2. The maximum Gasteiger partial charge on any atom is 0.135 e. The van der Waals surface area contributed by atoms with Crippen LogP contribution in [0.15, 0.2) is 22.0 Å². The minimum atomic E-state index is 0.264. The van der Waals surface area contributed by atoms with E-state index in [1.807, 2.05) is 13.8 Å². The summed E-state index contributed by atoms with van der Waals surface area (Å²) in [6.07, 6.45) is 0. The van der Waals surface area contributed by atoms with E-state index in [1.54, 1.807) is 17.4 Å². The van der Waals surface area contributed by atoms with E-state index in [0.29, 0.717) is 5.15 Å². The van der Waals surface area contributed by atoms with Crippen LogP contribution in [0.25, 0.3) is 0 Å². The molecule has 2 heterocycles. The molecule has 0 amide bonds. The van der Waals surface area contributed by atoms with E-state index in [-0.39, 0.29) is 5.92 Å². The van der Waals surface area contributed by atoms with E-state index in [9.17, 15) is 0 Å². The molecule has 0 radical (unpaired) electrons. The largest absolute Gasteiger partial charge is 0.365 e. The Morgan fingerprint density at radius 2 is 2.17 bits per heavy atom. The van der Waals surface area contributed by atoms with Gasteiger partial charge in [-0.25, -0.2) is 9.97 Å². The fourth-order valence-electron chi connectivity index (χ4n) is 1.41. The van der Waals surface area contributed by atoms with Crippen LogP contribution in [0.1, 0.15) is 30.5 Å². The highest BCUT2D eigenvalue weighted by atomic mass is 79.9. The Morgan fingerprint density at radius 1 is 1.39 bits per heavy atom. The molecule has 0 aliphatic carbocycles. The molecule has 0 aliphatic heterocycles. The summed E-state index contributed by atoms with van der Waals surface area (Å²) in [6, 6.07) is 3.83. The highest BCUT2D eigenvalue weighted by Gasteiger charge is 2.07. The zero-order chi connectivity index (χ0) is 13.1. The third kappa shape index (κ3) is 3.67. The molecule has 2 aromatic heterocycles. The van der Waals surface area contributed by atoms with Crippen LogP contribution < -0.4 is 5.32 Å². The van der Waals surface area contributed by atoms with Gasteiger partial charge in [-0.1, -0.05) is 25.4 Å². The lowest BCUT2D eigenvalue weighted by molar-refractivity contribution is 0.774. The standard InChI is InChI=1S/C12H13BrClN3S/c1-7(2)12-16-10(14)4-11(17-12)15-5-9-3-8(13)6-18-9/h3-4,6-7H,5H2,1-2H3,(H,15,16,17). The lowest BCUT2D eigenvalue weighted by atomic mass is 10.2. The molecule has 0 bridgehead atoms. The summed E-state index contributed by atoms with van der Waals surface area (Å²) in [5.74, 6) is 1.79. The molecule has 1 N–H and O–H groups in total. The number of anilines is 1. The molecule has 0 fully saturated rings. The maximum atomic E-state index is 5.98. The number of hydrogen-bond acceptors (Lipinski definition) is 4. The van der Waals surface area contributed by atoms with Crippen LogP contribution in [-0.4, -0.2) is 9.97 Å². The fraction of sp³-hybridized carbons (Fsp3) is 0.333. The molecule has 0 spiro atoms. The van der Waals surface area contributed by atoms with Gasteiger partial charge in [0.05, 0.1) is 6.54 Å². The van der Waals surface area contributed by atoms with Crippen molar-refractivity contribution in [2.45, 2.75) is 26.3 Å². The molecular formula is C12H13BrClN3S. The number of rotatable bonds is 4. The zero-order valence-electron chi connectivity index (χ0n) is 10.1. The Hall–Kier alpha value is -0.650. The first-order valence-corrected chi connectivity index (χ1v) is 7.61. The van der Waals surface area contributed by atoms with Gasteiger partial charge in [0.25, 0.3) is 0 Å². The highest BCUT2D eigenvalue weighted by Crippen LogP contribution is 2.22. The summed E-state index contributed by atoms with van der Waals surface area (Å²) in [5.41, 5.74) is 0. The Bertz CT molecular complexity index is 542. The quantitative estimate of drug-likeness (QED) is 0.816. The van der Waals surface area contributed by atoms with Crippen LogP contribution in [0, 0.1) is 0 Å². The van der Waals surface area contributed by atoms with E-state index in [2.05, 4.69) is 42.7 Å². The molecule has 0 aliphatic rings. The molecule has 2 rings (SSSR count). The van der Waals surface area contributed by atoms with Gasteiger partial charge >= 0.3 is 0 Å². The topological polar surface area (TPSA) is 37.8 Å². The molecule has 6 heteroatoms. The summed E-state index contributed by atoms with van der Waals surface area (Å²) < 4.78 is 1.10. The van der Waals surface area contributed by atoms with Crippen LogP contribution in [0.3, 0.4) is 0 Å². The normalized spacial score (nSPS) is 10.9. The smallest absolute Gasteiger partial charge is 0.135 e. The average molecular weight is 347 g/mol. The third-order valence-corrected chi connectivity index (χ3v) is 4.19. The number of thiophene rings is 1. The van der Waals surface area contributed by atoms with Crippen molar-refractivity contribution in [1.29, 1.82) is 0 Å². The molecule has 3 nitrogen and oxygen atoms in total. The van der Waals surface area contributed by atoms with E-state index in [1.165, 1.54) is 4.88 Å². The number of nitrogens with zero attached hydrogens (tertiary/aromatic N) is 2. The molecule has 0 saturated carbocycles. The van der Waals surface area contributed by atoms with E-state index in [4.69, 9.17) is 11.6 Å². The van der Waals surface area contributed by atoms with Crippen molar-refractivity contribution >= 4 is 44.7 Å². The Balaban J connectivity index is 2.09. The maximum absolute atomic E-state index is 5.98. The summed E-state index contributed by atoms with van der Waals surface area (Å²) in [4.78, 5) is 9.88. The summed E-state index contributed by atoms with van der Waals surface area (Å²) >= 11 is 11.1. The Kier molecular flexibility index (Phi) is 4.59. The first-order chi connectivity index (χ1) is 8.54. The monoisotopic (exact) mass is 345 g/mol. The van der Waals surface area contributed by atoms with Crippen LogP contribution in [-0.2, 0) is 6.54 Å². The van der Waals surface area contributed by atoms with Gasteiger partial charge in [0.2, 0.25) is 0 Å². The second-order valence-corrected chi connectivity index (χ2v) is 6.47. The molecule has 0 saturated heterocycles. The van der Waals surface area contributed by atoms with Crippen LogP contribution in [0.5, 0.6) is 0 Å². The Morgan fingerprint density at radius 3 is 2.78 bits per heavy atom. The number of halogens is 2. The van der Waals surface area contributed by atoms with Gasteiger partial charge in [-0.2, -0.15) is 0 Å². The lowest BCUT2D eigenvalue weighted by Crippen LogP contribution is -2.04. The molecular weight excluding hydrogens is 334 g/mol. The molecule has 0 aromatic carbocycles. The van der Waals surface area contributed by atoms with Gasteiger partial charge in [-0.3, -0.25) is 0 Å². The van der Waals surface area contributed by atoms with Crippen molar-refractivity contribution in [3.05, 3.63) is 37.8 Å². The summed E-state index contributed by atoms with van der Waals surface area (Å²) in [7, 11) is 0. The summed E-state index contributed by atoms with van der Waals surface area (Å²) in [6.45, 7) is 4.83. The molecule has 0 unspecified atom stereocenters. The van der Waals surface area contributed by atoms with E-state index in [0.717, 1.165) is 22.7 Å². The van der Waals surface area contributed by atoms with Crippen molar-refractivity contribution in [1.82, 2.24) is 9.97 Å². The van der Waals surface area contributed by atoms with Gasteiger partial charge in [0.1, 0.15) is 16.8 Å². The first kappa shape index (κ1) is 13.8. The van der Waals surface area contributed by atoms with Gasteiger partial charge in [-0.05, 0) is 22.0 Å². The van der Waals surface area contributed by atoms with Crippen LogP contribution in [0.2, 0.25) is 5.15 Å². The van der Waals surface area contributed by atoms with Crippen molar-refractivity contribution in [2.75, 3.05) is 5.32 Å². The predicted octanol–water partition coefficient (Wildman–Crippen LogP) is 4.69. The minimum Gasteiger partial charge on any atom is -0.365 e. The second kappa shape index (κ2) is 5.99. The van der Waals surface area contributed by atoms with Gasteiger partial charge in [0.15, 0.2) is 0 Å². The SMILES string of the molecule is CC(C)c1nc(Cl)cc(NCc2cc(Br)cs2)n1. The highest BCUT2D eigenvalue weighted by molar-refractivity contribution is 9.10.